The van der Waals surface area contributed by atoms with Crippen LogP contribution in [-0.2, 0) is 4.79 Å². The minimum Gasteiger partial charge on any atom is -0.352 e. The van der Waals surface area contributed by atoms with Crippen LogP contribution in [0.5, 0.6) is 0 Å². The average molecular weight is 372 g/mol. The molecule has 0 spiro atoms. The molecule has 0 radical (unpaired) electrons. The van der Waals surface area contributed by atoms with Crippen LogP contribution in [0.4, 0.5) is 0 Å². The number of hydrogen-bond acceptors (Lipinski definition) is 4. The molecule has 0 unspecified atom stereocenters. The number of nitrogens with one attached hydrogen (secondary N) is 1. The maximum Gasteiger partial charge on any atom is 0.237 e. The van der Waals surface area contributed by atoms with E-state index in [0.29, 0.717) is 12.0 Å². The molecule has 1 aliphatic heterocycles. The molecule has 0 bridgehead atoms. The van der Waals surface area contributed by atoms with E-state index in [9.17, 15) is 4.79 Å². The number of hydrogen-bond donors (Lipinski definition) is 1. The lowest BCUT2D eigenvalue weighted by Crippen LogP contribution is -2.50. The van der Waals surface area contributed by atoms with Crippen LogP contribution in [0.15, 0.2) is 24.3 Å². The normalized spacial score (nSPS) is 21.7. The zero-order chi connectivity index (χ0) is 17.9. The Hall–Kier alpha value is -1.46. The predicted molar refractivity (Wildman–Crippen MR) is 108 cm³/mol. The topological polar surface area (TPSA) is 45.2 Å². The van der Waals surface area contributed by atoms with Gasteiger partial charge in [-0.1, -0.05) is 31.4 Å². The first-order valence-electron chi connectivity index (χ1n) is 10.1. The molecule has 2 heterocycles. The number of benzene rings is 1. The Bertz CT molecular complexity index is 712. The van der Waals surface area contributed by atoms with Crippen LogP contribution in [0, 0.1) is 0 Å². The number of fused-ring (bicyclic) bond motifs is 1. The first kappa shape index (κ1) is 17.9. The molecule has 2 fully saturated rings. The highest BCUT2D eigenvalue weighted by atomic mass is 32.1. The van der Waals surface area contributed by atoms with E-state index in [1.54, 1.807) is 0 Å². The van der Waals surface area contributed by atoms with Crippen molar-refractivity contribution in [2.45, 2.75) is 69.9 Å². The smallest absolute Gasteiger partial charge is 0.237 e. The van der Waals surface area contributed by atoms with Gasteiger partial charge in [-0.3, -0.25) is 9.69 Å². The molecule has 2 aromatic rings. The molecule has 5 heteroatoms. The number of amides is 1. The number of carbonyl (C=O) groups is 1. The summed E-state index contributed by atoms with van der Waals surface area (Å²) in [6.07, 6.45) is 8.33. The van der Waals surface area contributed by atoms with Gasteiger partial charge in [-0.15, -0.1) is 11.3 Å². The summed E-state index contributed by atoms with van der Waals surface area (Å²) in [5.41, 5.74) is 1.12. The maximum atomic E-state index is 12.6. The van der Waals surface area contributed by atoms with Crippen molar-refractivity contribution in [1.82, 2.24) is 15.2 Å². The van der Waals surface area contributed by atoms with Gasteiger partial charge in [0, 0.05) is 12.0 Å². The van der Waals surface area contributed by atoms with Crippen LogP contribution >= 0.6 is 11.3 Å². The fraction of sp³-hybridized carbons (Fsp3) is 0.619. The highest BCUT2D eigenvalue weighted by molar-refractivity contribution is 7.18. The minimum atomic E-state index is -0.0201. The molecule has 1 atom stereocenters. The number of piperidine rings is 1. The van der Waals surface area contributed by atoms with Crippen LogP contribution in [0.25, 0.3) is 10.2 Å². The third kappa shape index (κ3) is 3.94. The summed E-state index contributed by atoms with van der Waals surface area (Å²) in [4.78, 5) is 19.8. The number of thiazole rings is 1. The van der Waals surface area contributed by atoms with Crippen molar-refractivity contribution in [2.24, 2.45) is 0 Å². The lowest BCUT2D eigenvalue weighted by molar-refractivity contribution is -0.127. The molecule has 4 rings (SSSR count). The summed E-state index contributed by atoms with van der Waals surface area (Å²) in [6, 6.07) is 8.78. The van der Waals surface area contributed by atoms with E-state index in [4.69, 9.17) is 4.98 Å². The second-order valence-corrected chi connectivity index (χ2v) is 8.91. The molecule has 26 heavy (non-hydrogen) atoms. The number of likely N-dealkylation sites (tertiary alicyclic amines) is 1. The van der Waals surface area contributed by atoms with Gasteiger partial charge in [-0.05, 0) is 57.8 Å². The van der Waals surface area contributed by atoms with Gasteiger partial charge < -0.3 is 5.32 Å². The molecule has 140 valence electrons. The van der Waals surface area contributed by atoms with Crippen molar-refractivity contribution in [3.63, 3.8) is 0 Å². The van der Waals surface area contributed by atoms with Gasteiger partial charge in [-0.25, -0.2) is 4.98 Å². The molecule has 1 aliphatic carbocycles. The highest BCUT2D eigenvalue weighted by Gasteiger charge is 2.29. The zero-order valence-corrected chi connectivity index (χ0v) is 16.4. The van der Waals surface area contributed by atoms with Crippen LogP contribution in [0.3, 0.4) is 0 Å². The fourth-order valence-electron chi connectivity index (χ4n) is 4.33. The second kappa shape index (κ2) is 8.05. The molecule has 2 aliphatic rings. The lowest BCUT2D eigenvalue weighted by atomic mass is 9.94. The Morgan fingerprint density at radius 2 is 1.88 bits per heavy atom. The largest absolute Gasteiger partial charge is 0.352 e. The quantitative estimate of drug-likeness (QED) is 0.871. The summed E-state index contributed by atoms with van der Waals surface area (Å²) in [5.74, 6) is 0.757. The third-order valence-corrected chi connectivity index (χ3v) is 7.27. The Balaban J connectivity index is 1.31. The van der Waals surface area contributed by atoms with E-state index in [1.165, 1.54) is 29.0 Å². The molecule has 1 aromatic heterocycles. The van der Waals surface area contributed by atoms with Crippen LogP contribution in [-0.4, -0.2) is 41.0 Å². The first-order valence-corrected chi connectivity index (χ1v) is 10.9. The van der Waals surface area contributed by atoms with E-state index in [2.05, 4.69) is 41.4 Å². The Kier molecular flexibility index (Phi) is 5.55. The van der Waals surface area contributed by atoms with Crippen molar-refractivity contribution in [2.75, 3.05) is 13.1 Å². The number of carbonyl (C=O) groups excluding carboxylic acids is 1. The van der Waals surface area contributed by atoms with Gasteiger partial charge in [-0.2, -0.15) is 0 Å². The lowest BCUT2D eigenvalue weighted by Gasteiger charge is -2.35. The number of aromatic nitrogens is 1. The summed E-state index contributed by atoms with van der Waals surface area (Å²) in [5, 5.41) is 4.55. The maximum absolute atomic E-state index is 12.6. The van der Waals surface area contributed by atoms with Crippen molar-refractivity contribution >= 4 is 27.5 Å². The molecule has 1 N–H and O–H groups in total. The van der Waals surface area contributed by atoms with Crippen molar-refractivity contribution in [3.05, 3.63) is 29.3 Å². The summed E-state index contributed by atoms with van der Waals surface area (Å²) >= 11 is 1.83. The van der Waals surface area contributed by atoms with Crippen molar-refractivity contribution in [3.8, 4) is 0 Å². The second-order valence-electron chi connectivity index (χ2n) is 7.85. The Labute approximate surface area is 160 Å². The fourth-order valence-corrected chi connectivity index (χ4v) is 5.47. The van der Waals surface area contributed by atoms with Gasteiger partial charge in [0.15, 0.2) is 0 Å². The van der Waals surface area contributed by atoms with E-state index >= 15 is 0 Å². The molecule has 1 amide bonds. The highest BCUT2D eigenvalue weighted by Crippen LogP contribution is 2.34. The summed E-state index contributed by atoms with van der Waals surface area (Å²) < 4.78 is 1.28. The standard InChI is InChI=1S/C21H29N3OS/c1-15(20(25)22-17-7-3-2-4-8-17)24-13-11-16(12-14-24)21-23-18-9-5-6-10-19(18)26-21/h5-6,9-10,15-17H,2-4,7-8,11-14H2,1H3,(H,22,25)/t15-/m0/s1. The Morgan fingerprint density at radius 3 is 2.62 bits per heavy atom. The van der Waals surface area contributed by atoms with Gasteiger partial charge >= 0.3 is 0 Å². The van der Waals surface area contributed by atoms with Gasteiger partial charge in [0.1, 0.15) is 0 Å². The third-order valence-electron chi connectivity index (χ3n) is 6.07. The molecule has 1 aromatic carbocycles. The van der Waals surface area contributed by atoms with Crippen LogP contribution < -0.4 is 5.32 Å². The number of rotatable bonds is 4. The molecule has 4 nitrogen and oxygen atoms in total. The van der Waals surface area contributed by atoms with Crippen molar-refractivity contribution in [1.29, 1.82) is 0 Å². The number of nitrogens with zero attached hydrogens (tertiary/aromatic N) is 2. The average Bonchev–Trinajstić information content (AvgIpc) is 3.12. The van der Waals surface area contributed by atoms with Crippen molar-refractivity contribution < 1.29 is 4.79 Å². The number of para-hydroxylation sites is 1. The first-order chi connectivity index (χ1) is 12.7. The molecular formula is C21H29N3OS. The van der Waals surface area contributed by atoms with E-state index in [1.807, 2.05) is 11.3 Å². The van der Waals surface area contributed by atoms with Gasteiger partial charge in [0.05, 0.1) is 21.3 Å². The molecule has 1 saturated heterocycles. The van der Waals surface area contributed by atoms with Crippen LogP contribution in [0.1, 0.15) is 62.8 Å². The minimum absolute atomic E-state index is 0.0201. The predicted octanol–water partition coefficient (Wildman–Crippen LogP) is 4.31. The van der Waals surface area contributed by atoms with E-state index < -0.39 is 0 Å². The molecular weight excluding hydrogens is 342 g/mol. The Morgan fingerprint density at radius 1 is 1.15 bits per heavy atom. The monoisotopic (exact) mass is 371 g/mol. The van der Waals surface area contributed by atoms with Gasteiger partial charge in [0.2, 0.25) is 5.91 Å². The van der Waals surface area contributed by atoms with E-state index in [-0.39, 0.29) is 11.9 Å². The summed E-state index contributed by atoms with van der Waals surface area (Å²) in [7, 11) is 0. The zero-order valence-electron chi connectivity index (χ0n) is 15.6. The van der Waals surface area contributed by atoms with E-state index in [0.717, 1.165) is 44.3 Å². The van der Waals surface area contributed by atoms with Crippen LogP contribution in [0.2, 0.25) is 0 Å². The SMILES string of the molecule is C[C@@H](C(=O)NC1CCCCC1)N1CCC(c2nc3ccccc3s2)CC1. The van der Waals surface area contributed by atoms with Gasteiger partial charge in [0.25, 0.3) is 0 Å². The summed E-state index contributed by atoms with van der Waals surface area (Å²) in [6.45, 7) is 4.04. The molecule has 1 saturated carbocycles.